The van der Waals surface area contributed by atoms with E-state index in [1.165, 1.54) is 83.5 Å². The monoisotopic (exact) mass is 492 g/mol. The van der Waals surface area contributed by atoms with E-state index in [9.17, 15) is 0 Å². The Bertz CT molecular complexity index is 353. The number of rotatable bonds is 24. The second-order valence-electron chi connectivity index (χ2n) is 9.78. The Morgan fingerprint density at radius 1 is 0.500 bits per heavy atom. The summed E-state index contributed by atoms with van der Waals surface area (Å²) in [5, 5.41) is 26.5. The van der Waals surface area contributed by atoms with E-state index in [0.717, 1.165) is 6.42 Å². The second-order valence-corrected chi connectivity index (χ2v) is 9.78. The zero-order chi connectivity index (χ0) is 25.9. The molecule has 0 saturated heterocycles. The highest BCUT2D eigenvalue weighted by atomic mass is 16.6. The third-order valence-corrected chi connectivity index (χ3v) is 5.62. The number of aliphatic hydroxyl groups excluding tert-OH is 3. The molecule has 34 heavy (non-hydrogen) atoms. The Morgan fingerprint density at radius 3 is 1.21 bits per heavy atom. The lowest BCUT2D eigenvalue weighted by molar-refractivity contribution is -0.0825. The molecule has 6 heteroatoms. The maximum absolute atomic E-state index is 9.04. The maximum Gasteiger partial charge on any atom is 0.0781 e. The van der Waals surface area contributed by atoms with Crippen molar-refractivity contribution in [1.82, 2.24) is 0 Å². The van der Waals surface area contributed by atoms with Crippen molar-refractivity contribution < 1.29 is 29.5 Å². The van der Waals surface area contributed by atoms with Gasteiger partial charge in [0.2, 0.25) is 0 Å². The topological polar surface area (TPSA) is 88.4 Å². The van der Waals surface area contributed by atoms with Gasteiger partial charge in [-0.15, -0.1) is 0 Å². The van der Waals surface area contributed by atoms with E-state index in [0.29, 0.717) is 26.4 Å². The molecule has 208 valence electrons. The zero-order valence-corrected chi connectivity index (χ0v) is 23.3. The van der Waals surface area contributed by atoms with Crippen molar-refractivity contribution >= 4 is 0 Å². The molecule has 0 aromatic rings. The van der Waals surface area contributed by atoms with E-state index in [4.69, 9.17) is 29.5 Å². The fourth-order valence-electron chi connectivity index (χ4n) is 3.36. The Hall–Kier alpha value is -0.240. The summed E-state index contributed by atoms with van der Waals surface area (Å²) in [4.78, 5) is 0. The van der Waals surface area contributed by atoms with Crippen LogP contribution in [0.15, 0.2) is 0 Å². The van der Waals surface area contributed by atoms with Gasteiger partial charge < -0.3 is 29.5 Å². The Balaban J connectivity index is 0. The normalized spacial score (nSPS) is 14.8. The molecule has 0 aliphatic carbocycles. The highest BCUT2D eigenvalue weighted by Crippen LogP contribution is 2.12. The van der Waals surface area contributed by atoms with Crippen LogP contribution in [0.1, 0.15) is 125 Å². The van der Waals surface area contributed by atoms with Gasteiger partial charge in [-0.3, -0.25) is 0 Å². The van der Waals surface area contributed by atoms with Crippen LogP contribution in [0.3, 0.4) is 0 Å². The third kappa shape index (κ3) is 31.8. The van der Waals surface area contributed by atoms with Crippen molar-refractivity contribution in [2.75, 3.05) is 33.0 Å². The summed E-state index contributed by atoms with van der Waals surface area (Å²) in [7, 11) is 0. The van der Waals surface area contributed by atoms with Gasteiger partial charge in [0.25, 0.3) is 0 Å². The van der Waals surface area contributed by atoms with E-state index < -0.39 is 6.10 Å². The first-order valence-corrected chi connectivity index (χ1v) is 14.1. The number of hydrogen-bond acceptors (Lipinski definition) is 6. The van der Waals surface area contributed by atoms with Gasteiger partial charge in [0.15, 0.2) is 0 Å². The van der Waals surface area contributed by atoms with Crippen LogP contribution in [0.5, 0.6) is 0 Å². The standard InChI is InChI=1S/C16H34O.C12H26O5/c1-2-3-4-5-6-7-8-9-10-11-12-13-14-15-16-17;1-9(14)6-15-11(3)8-17-12(4)7-16-10(2)5-13/h17H,2-16H2,1H3;9-14H,5-8H2,1-4H3. The molecular formula is C28H60O6. The summed E-state index contributed by atoms with van der Waals surface area (Å²) < 4.78 is 16.2. The molecule has 4 atom stereocenters. The predicted octanol–water partition coefficient (Wildman–Crippen LogP) is 6.03. The Labute approximate surface area is 211 Å². The highest BCUT2D eigenvalue weighted by Gasteiger charge is 2.10. The number of unbranched alkanes of at least 4 members (excludes halogenated alkanes) is 13. The average Bonchev–Trinajstić information content (AvgIpc) is 2.83. The summed E-state index contributed by atoms with van der Waals surface area (Å²) in [5.41, 5.74) is 0. The van der Waals surface area contributed by atoms with Crippen molar-refractivity contribution in [2.45, 2.75) is 149 Å². The van der Waals surface area contributed by atoms with Gasteiger partial charge in [-0.2, -0.15) is 0 Å². The predicted molar refractivity (Wildman–Crippen MR) is 142 cm³/mol. The molecule has 0 radical (unpaired) electrons. The fraction of sp³-hybridized carbons (Fsp3) is 1.00. The molecule has 0 amide bonds. The van der Waals surface area contributed by atoms with E-state index in [1.807, 2.05) is 13.8 Å². The largest absolute Gasteiger partial charge is 0.396 e. The molecule has 0 saturated carbocycles. The van der Waals surface area contributed by atoms with Crippen LogP contribution in [0.4, 0.5) is 0 Å². The number of hydrogen-bond donors (Lipinski definition) is 3. The lowest BCUT2D eigenvalue weighted by Crippen LogP contribution is -2.27. The summed E-state index contributed by atoms with van der Waals surface area (Å²) in [6.07, 6.45) is 18.5. The van der Waals surface area contributed by atoms with Gasteiger partial charge in [-0.25, -0.2) is 0 Å². The van der Waals surface area contributed by atoms with Crippen molar-refractivity contribution in [2.24, 2.45) is 0 Å². The molecule has 0 fully saturated rings. The van der Waals surface area contributed by atoms with Crippen LogP contribution >= 0.6 is 0 Å². The minimum Gasteiger partial charge on any atom is -0.396 e. The molecular weight excluding hydrogens is 432 g/mol. The van der Waals surface area contributed by atoms with Crippen molar-refractivity contribution in [3.63, 3.8) is 0 Å². The SMILES string of the molecule is CC(O)COC(C)COC(C)COC(C)CO.CCCCCCCCCCCCCCCCO. The van der Waals surface area contributed by atoms with Crippen molar-refractivity contribution in [3.8, 4) is 0 Å². The smallest absolute Gasteiger partial charge is 0.0781 e. The lowest BCUT2D eigenvalue weighted by atomic mass is 10.0. The van der Waals surface area contributed by atoms with Gasteiger partial charge >= 0.3 is 0 Å². The van der Waals surface area contributed by atoms with Crippen LogP contribution < -0.4 is 0 Å². The summed E-state index contributed by atoms with van der Waals surface area (Å²) >= 11 is 0. The highest BCUT2D eigenvalue weighted by molar-refractivity contribution is 4.55. The summed E-state index contributed by atoms with van der Waals surface area (Å²) in [6, 6.07) is 0. The minimum absolute atomic E-state index is 0.0145. The minimum atomic E-state index is -0.455. The quantitative estimate of drug-likeness (QED) is 0.142. The third-order valence-electron chi connectivity index (χ3n) is 5.62. The first-order chi connectivity index (χ1) is 16.4. The first kappa shape index (κ1) is 35.9. The van der Waals surface area contributed by atoms with Gasteiger partial charge in [-0.05, 0) is 34.1 Å². The van der Waals surface area contributed by atoms with Crippen LogP contribution in [-0.2, 0) is 14.2 Å². The van der Waals surface area contributed by atoms with E-state index in [-0.39, 0.29) is 24.9 Å². The van der Waals surface area contributed by atoms with Crippen molar-refractivity contribution in [1.29, 1.82) is 0 Å². The van der Waals surface area contributed by atoms with Gasteiger partial charge in [0.1, 0.15) is 0 Å². The van der Waals surface area contributed by atoms with E-state index in [2.05, 4.69) is 6.92 Å². The van der Waals surface area contributed by atoms with Crippen LogP contribution in [0, 0.1) is 0 Å². The molecule has 0 bridgehead atoms. The molecule has 4 unspecified atom stereocenters. The second kappa shape index (κ2) is 29.0. The number of aliphatic hydroxyl groups is 3. The van der Waals surface area contributed by atoms with Gasteiger partial charge in [0, 0.05) is 6.61 Å². The molecule has 0 aromatic carbocycles. The van der Waals surface area contributed by atoms with E-state index in [1.54, 1.807) is 13.8 Å². The molecule has 0 rings (SSSR count). The lowest BCUT2D eigenvalue weighted by Gasteiger charge is -2.19. The average molecular weight is 493 g/mol. The van der Waals surface area contributed by atoms with Crippen LogP contribution in [-0.4, -0.2) is 72.8 Å². The van der Waals surface area contributed by atoms with Crippen LogP contribution in [0.25, 0.3) is 0 Å². The zero-order valence-electron chi connectivity index (χ0n) is 23.3. The summed E-state index contributed by atoms with van der Waals surface area (Å²) in [6.45, 7) is 11.2. The Morgan fingerprint density at radius 2 is 0.853 bits per heavy atom. The van der Waals surface area contributed by atoms with E-state index >= 15 is 0 Å². The molecule has 0 aliphatic rings. The molecule has 0 spiro atoms. The van der Waals surface area contributed by atoms with Gasteiger partial charge in [0.05, 0.1) is 50.8 Å². The van der Waals surface area contributed by atoms with Crippen molar-refractivity contribution in [3.05, 3.63) is 0 Å². The van der Waals surface area contributed by atoms with Gasteiger partial charge in [-0.1, -0.05) is 90.4 Å². The summed E-state index contributed by atoms with van der Waals surface area (Å²) in [5.74, 6) is 0. The molecule has 0 heterocycles. The number of ether oxygens (including phenoxy) is 3. The fourth-order valence-corrected chi connectivity index (χ4v) is 3.36. The Kier molecular flexibility index (Phi) is 30.6. The molecule has 0 aromatic heterocycles. The molecule has 6 nitrogen and oxygen atoms in total. The molecule has 0 aliphatic heterocycles. The maximum atomic E-state index is 9.04. The van der Waals surface area contributed by atoms with Crippen LogP contribution in [0.2, 0.25) is 0 Å². The first-order valence-electron chi connectivity index (χ1n) is 14.1. The molecule has 3 N–H and O–H groups in total.